The number of rotatable bonds is 3. The molecule has 4 N–H and O–H groups in total. The molecule has 0 aromatic heterocycles. The van der Waals surface area contributed by atoms with Gasteiger partial charge < -0.3 is 11.6 Å². The summed E-state index contributed by atoms with van der Waals surface area (Å²) in [4.78, 5) is 15.0. The molecule has 0 radical (unpaired) electrons. The molecule has 0 unspecified atom stereocenters. The third kappa shape index (κ3) is 3.22. The molecule has 1 aromatic carbocycles. The number of carbonyl (C=O) groups is 1. The lowest BCUT2D eigenvalue weighted by Crippen LogP contribution is -2.11. The monoisotopic (exact) mass is 258 g/mol. The normalized spacial score (nSPS) is 12.0. The van der Waals surface area contributed by atoms with Gasteiger partial charge in [-0.1, -0.05) is 23.2 Å². The number of nitrogens with zero attached hydrogens (tertiary/aromatic N) is 2. The minimum absolute atomic E-state index is 0.00497. The summed E-state index contributed by atoms with van der Waals surface area (Å²) in [5.41, 5.74) is 5.71. The second kappa shape index (κ2) is 5.48. The molecule has 0 aliphatic heterocycles. The lowest BCUT2D eigenvalue weighted by atomic mass is 10.2. The highest BCUT2D eigenvalue weighted by Crippen LogP contribution is 2.22. The molecule has 0 aliphatic carbocycles. The van der Waals surface area contributed by atoms with Gasteiger partial charge >= 0.3 is 0 Å². The molecular weight excluding hydrogens is 251 g/mol. The van der Waals surface area contributed by atoms with E-state index >= 15 is 0 Å². The van der Waals surface area contributed by atoms with Crippen LogP contribution in [0.25, 0.3) is 0 Å². The standard InChI is InChI=1S/C9H8Cl2N4O/c10-5-1-2-7(6(3-5)9(12)16)14-4-8(11)15-13/h1-4H,13H2,(H2,12,16). The number of hydrogen-bond donors (Lipinski definition) is 2. The van der Waals surface area contributed by atoms with Crippen LogP contribution in [-0.2, 0) is 0 Å². The van der Waals surface area contributed by atoms with Crippen LogP contribution in [0.3, 0.4) is 0 Å². The maximum Gasteiger partial charge on any atom is 0.250 e. The largest absolute Gasteiger partial charge is 0.366 e. The summed E-state index contributed by atoms with van der Waals surface area (Å²) in [7, 11) is 0. The first-order valence-electron chi connectivity index (χ1n) is 4.11. The fourth-order valence-electron chi connectivity index (χ4n) is 0.974. The zero-order valence-electron chi connectivity index (χ0n) is 8.02. The van der Waals surface area contributed by atoms with Gasteiger partial charge in [0.05, 0.1) is 17.5 Å². The van der Waals surface area contributed by atoms with Crippen molar-refractivity contribution in [3.05, 3.63) is 28.8 Å². The van der Waals surface area contributed by atoms with Crippen LogP contribution >= 0.6 is 23.2 Å². The molecule has 0 spiro atoms. The Kier molecular flexibility index (Phi) is 4.28. The van der Waals surface area contributed by atoms with E-state index in [1.54, 1.807) is 12.1 Å². The molecular formula is C9H8Cl2N4O. The summed E-state index contributed by atoms with van der Waals surface area (Å²) >= 11 is 11.2. The molecule has 0 fully saturated rings. The van der Waals surface area contributed by atoms with Crippen LogP contribution < -0.4 is 11.6 Å². The number of hydrogen-bond acceptors (Lipinski definition) is 4. The van der Waals surface area contributed by atoms with Gasteiger partial charge in [0.2, 0.25) is 0 Å². The van der Waals surface area contributed by atoms with E-state index in [1.165, 1.54) is 12.3 Å². The van der Waals surface area contributed by atoms with Crippen LogP contribution in [0.2, 0.25) is 5.02 Å². The molecule has 16 heavy (non-hydrogen) atoms. The fraction of sp³-hybridized carbons (Fsp3) is 0. The van der Waals surface area contributed by atoms with Crippen LogP contribution in [0.4, 0.5) is 5.69 Å². The average molecular weight is 259 g/mol. The van der Waals surface area contributed by atoms with Crippen molar-refractivity contribution in [2.45, 2.75) is 0 Å². The fourth-order valence-corrected chi connectivity index (χ4v) is 1.20. The summed E-state index contributed by atoms with van der Waals surface area (Å²) in [5, 5.41) is 3.59. The number of primary amides is 1. The second-order valence-corrected chi connectivity index (χ2v) is 3.56. The van der Waals surface area contributed by atoms with Gasteiger partial charge in [-0.05, 0) is 18.2 Å². The number of hydrazone groups is 1. The number of benzene rings is 1. The Morgan fingerprint density at radius 2 is 2.12 bits per heavy atom. The lowest BCUT2D eigenvalue weighted by molar-refractivity contribution is 0.100. The van der Waals surface area contributed by atoms with E-state index < -0.39 is 5.91 Å². The number of nitrogens with two attached hydrogens (primary N) is 2. The Hall–Kier alpha value is -1.59. The zero-order valence-corrected chi connectivity index (χ0v) is 9.53. The minimum atomic E-state index is -0.629. The molecule has 0 saturated carbocycles. The predicted molar refractivity (Wildman–Crippen MR) is 65.6 cm³/mol. The summed E-state index contributed by atoms with van der Waals surface area (Å²) in [6.45, 7) is 0. The zero-order chi connectivity index (χ0) is 12.1. The van der Waals surface area contributed by atoms with E-state index in [4.69, 9.17) is 34.8 Å². The van der Waals surface area contributed by atoms with Gasteiger partial charge in [-0.15, -0.1) is 0 Å². The highest BCUT2D eigenvalue weighted by atomic mass is 35.5. The van der Waals surface area contributed by atoms with Gasteiger partial charge in [0.1, 0.15) is 0 Å². The first kappa shape index (κ1) is 12.5. The first-order chi connectivity index (χ1) is 7.54. The van der Waals surface area contributed by atoms with Crippen molar-refractivity contribution in [1.29, 1.82) is 0 Å². The van der Waals surface area contributed by atoms with Gasteiger partial charge in [0.15, 0.2) is 5.17 Å². The minimum Gasteiger partial charge on any atom is -0.366 e. The van der Waals surface area contributed by atoms with Crippen molar-refractivity contribution in [1.82, 2.24) is 0 Å². The second-order valence-electron chi connectivity index (χ2n) is 2.74. The number of halogens is 2. The molecule has 1 aromatic rings. The van der Waals surface area contributed by atoms with Crippen LogP contribution in [0.5, 0.6) is 0 Å². The van der Waals surface area contributed by atoms with Crippen molar-refractivity contribution in [3.63, 3.8) is 0 Å². The summed E-state index contributed by atoms with van der Waals surface area (Å²) in [6, 6.07) is 4.54. The predicted octanol–water partition coefficient (Wildman–Crippen LogP) is 1.65. The number of amides is 1. The smallest absolute Gasteiger partial charge is 0.250 e. The third-order valence-corrected chi connectivity index (χ3v) is 2.09. The van der Waals surface area contributed by atoms with Gasteiger partial charge in [-0.2, -0.15) is 5.10 Å². The van der Waals surface area contributed by atoms with E-state index in [1.807, 2.05) is 0 Å². The molecule has 0 saturated heterocycles. The highest BCUT2D eigenvalue weighted by molar-refractivity contribution is 6.79. The molecule has 84 valence electrons. The van der Waals surface area contributed by atoms with E-state index in [2.05, 4.69) is 10.1 Å². The number of aliphatic imine (C=N–C) groups is 1. The van der Waals surface area contributed by atoms with Crippen molar-refractivity contribution in [2.24, 2.45) is 21.7 Å². The Balaban J connectivity index is 3.14. The van der Waals surface area contributed by atoms with Crippen LogP contribution in [0.15, 0.2) is 28.3 Å². The average Bonchev–Trinajstić information content (AvgIpc) is 2.26. The lowest BCUT2D eigenvalue weighted by Gasteiger charge is -2.01. The van der Waals surface area contributed by atoms with E-state index in [0.717, 1.165) is 0 Å². The Morgan fingerprint density at radius 1 is 1.44 bits per heavy atom. The molecule has 5 nitrogen and oxygen atoms in total. The topological polar surface area (TPSA) is 93.8 Å². The van der Waals surface area contributed by atoms with Crippen LogP contribution in [0, 0.1) is 0 Å². The highest BCUT2D eigenvalue weighted by Gasteiger charge is 2.07. The summed E-state index contributed by atoms with van der Waals surface area (Å²) < 4.78 is 0. The molecule has 0 heterocycles. The summed E-state index contributed by atoms with van der Waals surface area (Å²) in [6.07, 6.45) is 1.21. The van der Waals surface area contributed by atoms with Gasteiger partial charge in [-0.3, -0.25) is 9.79 Å². The quantitative estimate of drug-likeness (QED) is 0.490. The van der Waals surface area contributed by atoms with Crippen molar-refractivity contribution in [2.75, 3.05) is 0 Å². The molecule has 0 atom stereocenters. The van der Waals surface area contributed by atoms with Crippen molar-refractivity contribution < 1.29 is 4.79 Å². The van der Waals surface area contributed by atoms with Crippen molar-refractivity contribution in [3.8, 4) is 0 Å². The van der Waals surface area contributed by atoms with Gasteiger partial charge in [0.25, 0.3) is 5.91 Å². The maximum absolute atomic E-state index is 11.1. The van der Waals surface area contributed by atoms with Gasteiger partial charge in [-0.25, -0.2) is 0 Å². The third-order valence-electron chi connectivity index (χ3n) is 1.66. The van der Waals surface area contributed by atoms with E-state index in [0.29, 0.717) is 10.7 Å². The molecule has 0 aliphatic rings. The SMILES string of the molecule is NN=C(Cl)C=Nc1ccc(Cl)cc1C(N)=O. The molecule has 7 heteroatoms. The maximum atomic E-state index is 11.1. The van der Waals surface area contributed by atoms with Gasteiger partial charge in [0, 0.05) is 5.02 Å². The van der Waals surface area contributed by atoms with Crippen molar-refractivity contribution >= 4 is 46.2 Å². The van der Waals surface area contributed by atoms with E-state index in [9.17, 15) is 4.79 Å². The Bertz CT molecular complexity index is 471. The molecule has 1 rings (SSSR count). The first-order valence-corrected chi connectivity index (χ1v) is 4.87. The van der Waals surface area contributed by atoms with E-state index in [-0.39, 0.29) is 10.7 Å². The Morgan fingerprint density at radius 3 is 2.69 bits per heavy atom. The number of carbonyl (C=O) groups excluding carboxylic acids is 1. The van der Waals surface area contributed by atoms with Crippen LogP contribution in [0.1, 0.15) is 10.4 Å². The molecule has 0 bridgehead atoms. The summed E-state index contributed by atoms with van der Waals surface area (Å²) in [5.74, 6) is 4.28. The van der Waals surface area contributed by atoms with Crippen LogP contribution in [-0.4, -0.2) is 17.3 Å². The Labute approximate surface area is 102 Å². The molecule has 1 amide bonds.